The Morgan fingerprint density at radius 2 is 2.00 bits per heavy atom. The summed E-state index contributed by atoms with van der Waals surface area (Å²) in [6, 6.07) is 4.04. The molecule has 9 nitrogen and oxygen atoms in total. The first-order valence-corrected chi connectivity index (χ1v) is 11.3. The van der Waals surface area contributed by atoms with Crippen LogP contribution in [-0.2, 0) is 9.47 Å². The number of nitrogens with zero attached hydrogens (tertiary/aromatic N) is 5. The van der Waals surface area contributed by atoms with Crippen LogP contribution in [0.4, 0.5) is 13.2 Å². The number of methoxy groups -OCH3 is 1. The zero-order valence-electron chi connectivity index (χ0n) is 17.8. The Balaban J connectivity index is 1.70. The average molecular weight is 528 g/mol. The minimum absolute atomic E-state index is 0.00639. The molecule has 1 aliphatic rings. The standard InChI is InChI=1S/C21H17ClF3N5O4S/c1-33-20-18(30-7-14(28-29-30)9-2-11(23)17(25)12(24)3-9)19(32)15(8-31)34-21(20)35-16-4-10(22)6-27-13(16)5-26/h2-4,6-7,15,18-21,31-32H,8H2,1H3/t15?,18?,19-,20?,21+/m0/s1. The third-order valence-electron chi connectivity index (χ3n) is 5.36. The van der Waals surface area contributed by atoms with Gasteiger partial charge in [-0.3, -0.25) is 0 Å². The predicted molar refractivity (Wildman–Crippen MR) is 117 cm³/mol. The van der Waals surface area contributed by atoms with E-state index in [0.717, 1.165) is 23.9 Å². The molecule has 5 atom stereocenters. The van der Waals surface area contributed by atoms with Crippen LogP contribution in [0.1, 0.15) is 11.7 Å². The van der Waals surface area contributed by atoms with E-state index in [1.54, 1.807) is 0 Å². The van der Waals surface area contributed by atoms with Gasteiger partial charge in [0.2, 0.25) is 0 Å². The van der Waals surface area contributed by atoms with Crippen LogP contribution >= 0.6 is 23.4 Å². The largest absolute Gasteiger partial charge is 0.394 e. The van der Waals surface area contributed by atoms with Gasteiger partial charge in [0, 0.05) is 23.8 Å². The van der Waals surface area contributed by atoms with Gasteiger partial charge in [-0.2, -0.15) is 5.26 Å². The van der Waals surface area contributed by atoms with Crippen molar-refractivity contribution in [2.75, 3.05) is 13.7 Å². The number of aliphatic hydroxyl groups excluding tert-OH is 2. The molecule has 2 aromatic heterocycles. The fraction of sp³-hybridized carbons (Fsp3) is 0.333. The van der Waals surface area contributed by atoms with Crippen LogP contribution in [0, 0.1) is 28.8 Å². The van der Waals surface area contributed by atoms with E-state index in [1.165, 1.54) is 30.3 Å². The summed E-state index contributed by atoms with van der Waals surface area (Å²) < 4.78 is 53.4. The number of halogens is 4. The van der Waals surface area contributed by atoms with Crippen LogP contribution in [0.15, 0.2) is 35.5 Å². The van der Waals surface area contributed by atoms with E-state index in [-0.39, 0.29) is 22.0 Å². The predicted octanol–water partition coefficient (Wildman–Crippen LogP) is 2.71. The lowest BCUT2D eigenvalue weighted by Crippen LogP contribution is -2.55. The van der Waals surface area contributed by atoms with Crippen molar-refractivity contribution in [1.82, 2.24) is 20.0 Å². The van der Waals surface area contributed by atoms with Gasteiger partial charge in [0.25, 0.3) is 0 Å². The van der Waals surface area contributed by atoms with Crippen LogP contribution in [0.3, 0.4) is 0 Å². The van der Waals surface area contributed by atoms with Gasteiger partial charge < -0.3 is 19.7 Å². The van der Waals surface area contributed by atoms with Crippen molar-refractivity contribution in [3.63, 3.8) is 0 Å². The van der Waals surface area contributed by atoms with Gasteiger partial charge in [-0.1, -0.05) is 28.6 Å². The van der Waals surface area contributed by atoms with Gasteiger partial charge in [-0.15, -0.1) is 5.10 Å². The molecule has 184 valence electrons. The minimum Gasteiger partial charge on any atom is -0.394 e. The summed E-state index contributed by atoms with van der Waals surface area (Å²) in [4.78, 5) is 4.36. The van der Waals surface area contributed by atoms with Gasteiger partial charge in [0.15, 0.2) is 23.1 Å². The van der Waals surface area contributed by atoms with E-state index in [1.807, 2.05) is 6.07 Å². The van der Waals surface area contributed by atoms with Crippen molar-refractivity contribution < 1.29 is 32.9 Å². The highest BCUT2D eigenvalue weighted by molar-refractivity contribution is 7.99. The molecule has 35 heavy (non-hydrogen) atoms. The molecule has 14 heteroatoms. The van der Waals surface area contributed by atoms with Crippen LogP contribution in [-0.4, -0.2) is 67.7 Å². The molecule has 2 N–H and O–H groups in total. The first-order chi connectivity index (χ1) is 16.8. The second kappa shape index (κ2) is 10.5. The van der Waals surface area contributed by atoms with Gasteiger partial charge in [-0.05, 0) is 18.2 Å². The first kappa shape index (κ1) is 25.4. The highest BCUT2D eigenvalue weighted by Gasteiger charge is 2.47. The number of pyridine rings is 1. The summed E-state index contributed by atoms with van der Waals surface area (Å²) in [5, 5.41) is 38.2. The summed E-state index contributed by atoms with van der Waals surface area (Å²) >= 11 is 7.07. The summed E-state index contributed by atoms with van der Waals surface area (Å²) in [5.41, 5.74) is -0.848. The summed E-state index contributed by atoms with van der Waals surface area (Å²) in [6.07, 6.45) is -0.684. The summed E-state index contributed by atoms with van der Waals surface area (Å²) in [6.45, 7) is -0.556. The maximum Gasteiger partial charge on any atom is 0.194 e. The molecule has 0 bridgehead atoms. The monoisotopic (exact) mass is 527 g/mol. The molecule has 0 amide bonds. The summed E-state index contributed by atoms with van der Waals surface area (Å²) in [5.74, 6) is -4.40. The molecule has 0 spiro atoms. The lowest BCUT2D eigenvalue weighted by Gasteiger charge is -2.43. The highest BCUT2D eigenvalue weighted by atomic mass is 35.5. The minimum atomic E-state index is -1.61. The third-order valence-corrected chi connectivity index (χ3v) is 6.74. The van der Waals surface area contributed by atoms with Crippen LogP contribution in [0.5, 0.6) is 0 Å². The Labute approximate surface area is 206 Å². The number of thioether (sulfide) groups is 1. The molecule has 3 heterocycles. The Morgan fingerprint density at radius 1 is 1.29 bits per heavy atom. The Hall–Kier alpha value is -2.73. The van der Waals surface area contributed by atoms with Gasteiger partial charge >= 0.3 is 0 Å². The molecule has 1 aliphatic heterocycles. The highest BCUT2D eigenvalue weighted by Crippen LogP contribution is 2.40. The Bertz CT molecular complexity index is 1250. The second-order valence-corrected chi connectivity index (χ2v) is 9.05. The topological polar surface area (TPSA) is 126 Å². The third kappa shape index (κ3) is 4.99. The number of rotatable bonds is 6. The molecule has 1 fully saturated rings. The molecule has 3 aromatic rings. The first-order valence-electron chi connectivity index (χ1n) is 10.0. The van der Waals surface area contributed by atoms with Crippen LogP contribution in [0.2, 0.25) is 5.02 Å². The number of ether oxygens (including phenoxy) is 2. The van der Waals surface area contributed by atoms with E-state index in [2.05, 4.69) is 15.3 Å². The van der Waals surface area contributed by atoms with E-state index in [0.29, 0.717) is 4.90 Å². The number of hydrogen-bond acceptors (Lipinski definition) is 9. The fourth-order valence-corrected chi connectivity index (χ4v) is 5.17. The number of aromatic nitrogens is 4. The zero-order chi connectivity index (χ0) is 25.3. The average Bonchev–Trinajstić information content (AvgIpc) is 3.32. The molecule has 1 saturated heterocycles. The van der Waals surface area contributed by atoms with Gasteiger partial charge in [0.1, 0.15) is 41.6 Å². The quantitative estimate of drug-likeness (QED) is 0.465. The van der Waals surface area contributed by atoms with Crippen molar-refractivity contribution in [3.05, 3.63) is 58.8 Å². The zero-order valence-corrected chi connectivity index (χ0v) is 19.4. The number of benzene rings is 1. The fourth-order valence-electron chi connectivity index (χ4n) is 3.69. The summed E-state index contributed by atoms with van der Waals surface area (Å²) in [7, 11) is 1.37. The van der Waals surface area contributed by atoms with Crippen molar-refractivity contribution >= 4 is 23.4 Å². The van der Waals surface area contributed by atoms with Crippen molar-refractivity contribution in [1.29, 1.82) is 5.26 Å². The Kier molecular flexibility index (Phi) is 7.60. The molecule has 0 radical (unpaired) electrons. The molecule has 3 unspecified atom stereocenters. The van der Waals surface area contributed by atoms with Crippen molar-refractivity contribution in [3.8, 4) is 17.3 Å². The van der Waals surface area contributed by atoms with Gasteiger partial charge in [-0.25, -0.2) is 22.8 Å². The van der Waals surface area contributed by atoms with E-state index in [4.69, 9.17) is 21.1 Å². The number of hydrogen-bond donors (Lipinski definition) is 2. The second-order valence-electron chi connectivity index (χ2n) is 7.47. The lowest BCUT2D eigenvalue weighted by molar-refractivity contribution is -0.186. The molecular weight excluding hydrogens is 511 g/mol. The van der Waals surface area contributed by atoms with Gasteiger partial charge in [0.05, 0.1) is 17.8 Å². The maximum absolute atomic E-state index is 13.7. The molecule has 0 aliphatic carbocycles. The number of nitriles is 1. The Morgan fingerprint density at radius 3 is 2.63 bits per heavy atom. The SMILES string of the molecule is COC1C(n2cc(-c3cc(F)c(F)c(F)c3)nn2)[C@@H](O)C(CO)O[C@@H]1Sc1cc(Cl)cnc1C#N. The van der Waals surface area contributed by atoms with Crippen molar-refractivity contribution in [2.45, 2.75) is 34.7 Å². The molecule has 0 saturated carbocycles. The van der Waals surface area contributed by atoms with Crippen molar-refractivity contribution in [2.24, 2.45) is 0 Å². The van der Waals surface area contributed by atoms with E-state index < -0.39 is 53.8 Å². The molecule has 4 rings (SSSR count). The van der Waals surface area contributed by atoms with E-state index in [9.17, 15) is 28.6 Å². The van der Waals surface area contributed by atoms with E-state index >= 15 is 0 Å². The van der Waals surface area contributed by atoms with Crippen LogP contribution < -0.4 is 0 Å². The number of aliphatic hydroxyl groups is 2. The lowest BCUT2D eigenvalue weighted by atomic mass is 9.97. The maximum atomic E-state index is 13.7. The van der Waals surface area contributed by atoms with Crippen LogP contribution in [0.25, 0.3) is 11.3 Å². The smallest absolute Gasteiger partial charge is 0.194 e. The normalized spacial score (nSPS) is 24.3. The molecule has 1 aromatic carbocycles. The molecular formula is C21H17ClF3N5O4S.